The van der Waals surface area contributed by atoms with Crippen LogP contribution in [0.5, 0.6) is 0 Å². The Labute approximate surface area is 102 Å². The van der Waals surface area contributed by atoms with Gasteiger partial charge in [0.2, 0.25) is 0 Å². The van der Waals surface area contributed by atoms with Crippen LogP contribution in [0.4, 0.5) is 0 Å². The van der Waals surface area contributed by atoms with Gasteiger partial charge in [-0.3, -0.25) is 0 Å². The first-order chi connectivity index (χ1) is 4.97. The molecule has 1 aliphatic rings. The Hall–Kier alpha value is 1.06. The second kappa shape index (κ2) is 4.53. The number of hydrogen-bond donors (Lipinski definition) is 0. The molecule has 1 atom stereocenters. The zero-order valence-electron chi connectivity index (χ0n) is 8.23. The van der Waals surface area contributed by atoms with Gasteiger partial charge >= 0.3 is 0 Å². The topological polar surface area (TPSA) is 9.23 Å². The first kappa shape index (κ1) is 13.1. The third-order valence-corrected chi connectivity index (χ3v) is 2.46. The van der Waals surface area contributed by atoms with E-state index in [0.29, 0.717) is 0 Å². The van der Waals surface area contributed by atoms with Gasteiger partial charge in [-0.15, -0.1) is 0 Å². The van der Waals surface area contributed by atoms with Crippen LogP contribution in [0.15, 0.2) is 0 Å². The van der Waals surface area contributed by atoms with Crippen LogP contribution in [-0.4, -0.2) is 12.2 Å². The molecular formula is C10H18OY-2. The van der Waals surface area contributed by atoms with E-state index in [4.69, 9.17) is 4.74 Å². The van der Waals surface area contributed by atoms with Gasteiger partial charge in [-0.25, -0.2) is 6.42 Å². The summed E-state index contributed by atoms with van der Waals surface area (Å²) in [7, 11) is 0. The van der Waals surface area contributed by atoms with E-state index in [-0.39, 0.29) is 43.7 Å². The quantitative estimate of drug-likeness (QED) is 0.643. The molecule has 0 N–H and O–H groups in total. The van der Waals surface area contributed by atoms with Crippen molar-refractivity contribution in [3.63, 3.8) is 0 Å². The fourth-order valence-corrected chi connectivity index (χ4v) is 1.80. The number of hydrogen-bond acceptors (Lipinski definition) is 1. The molecule has 1 saturated heterocycles. The number of ether oxygens (including phenoxy) is 1. The maximum atomic E-state index is 5.59. The zero-order chi connectivity index (χ0) is 8.54. The van der Waals surface area contributed by atoms with E-state index in [1.165, 1.54) is 0 Å². The minimum Gasteiger partial charge on any atom is -0.376 e. The maximum absolute atomic E-state index is 5.59. The Morgan fingerprint density at radius 2 is 2.00 bits per heavy atom. The Morgan fingerprint density at radius 3 is 2.33 bits per heavy atom. The summed E-state index contributed by atoms with van der Waals surface area (Å²) in [6.07, 6.45) is 3.00. The van der Waals surface area contributed by atoms with Crippen molar-refractivity contribution in [3.8, 4) is 0 Å². The molecule has 0 saturated carbocycles. The molecule has 0 bridgehead atoms. The summed E-state index contributed by atoms with van der Waals surface area (Å²) in [5.74, 6) is 0. The van der Waals surface area contributed by atoms with Crippen LogP contribution >= 0.6 is 0 Å². The Kier molecular flexibility index (Phi) is 4.93. The van der Waals surface area contributed by atoms with Crippen molar-refractivity contribution < 1.29 is 37.4 Å². The van der Waals surface area contributed by atoms with E-state index < -0.39 is 0 Å². The van der Waals surface area contributed by atoms with Gasteiger partial charge in [-0.1, -0.05) is 6.42 Å². The largest absolute Gasteiger partial charge is 0.376 e. The summed E-state index contributed by atoms with van der Waals surface area (Å²) in [5.41, 5.74) is 0.180. The Bertz CT molecular complexity index is 145. The van der Waals surface area contributed by atoms with Crippen LogP contribution in [-0.2, 0) is 37.4 Å². The van der Waals surface area contributed by atoms with E-state index in [0.717, 1.165) is 25.9 Å². The molecule has 1 radical (unpaired) electrons. The van der Waals surface area contributed by atoms with Gasteiger partial charge in [-0.05, 0) is 20.3 Å². The van der Waals surface area contributed by atoms with E-state index in [1.807, 2.05) is 0 Å². The second-order valence-electron chi connectivity index (χ2n) is 4.28. The molecule has 0 aromatic heterocycles. The summed E-state index contributed by atoms with van der Waals surface area (Å²) in [6.45, 7) is 13.2. The monoisotopic (exact) mass is 243 g/mol. The van der Waals surface area contributed by atoms with Crippen molar-refractivity contribution in [1.29, 1.82) is 0 Å². The molecule has 0 spiro atoms. The van der Waals surface area contributed by atoms with E-state index in [2.05, 4.69) is 27.7 Å². The fourth-order valence-electron chi connectivity index (χ4n) is 1.80. The van der Waals surface area contributed by atoms with Crippen LogP contribution in [0.25, 0.3) is 0 Å². The molecule has 1 unspecified atom stereocenters. The van der Waals surface area contributed by atoms with Crippen molar-refractivity contribution in [2.45, 2.75) is 38.7 Å². The Morgan fingerprint density at radius 1 is 1.42 bits per heavy atom. The van der Waals surface area contributed by atoms with Gasteiger partial charge in [0.25, 0.3) is 0 Å². The first-order valence-electron chi connectivity index (χ1n) is 4.26. The zero-order valence-corrected chi connectivity index (χ0v) is 11.1. The molecule has 1 heterocycles. The molecular weight excluding hydrogens is 225 g/mol. The van der Waals surface area contributed by atoms with E-state index in [1.54, 1.807) is 0 Å². The molecule has 1 rings (SSSR count). The van der Waals surface area contributed by atoms with Crippen LogP contribution < -0.4 is 0 Å². The standard InChI is InChI=1S/C10H18O.Y/c1-5-10(4)6-7-11-9(2,3)8-10;/h1,4-8H2,2-3H3;/q-2;. The predicted molar refractivity (Wildman–Crippen MR) is 47.0 cm³/mol. The molecule has 2 heteroatoms. The molecule has 0 aromatic carbocycles. The van der Waals surface area contributed by atoms with Crippen LogP contribution in [0, 0.1) is 19.3 Å². The SMILES string of the molecule is [CH2-]CC1([CH2-])CCOC(C)(C)C1.[Y]. The minimum absolute atomic E-state index is 0. The smallest absolute Gasteiger partial charge is 0.0606 e. The molecule has 1 nitrogen and oxygen atoms in total. The third kappa shape index (κ3) is 3.43. The maximum Gasteiger partial charge on any atom is 0.0606 e. The van der Waals surface area contributed by atoms with Gasteiger partial charge in [0.05, 0.1) is 5.60 Å². The van der Waals surface area contributed by atoms with Crippen molar-refractivity contribution in [2.24, 2.45) is 5.41 Å². The average molecular weight is 243 g/mol. The molecule has 1 aliphatic heterocycles. The first-order valence-corrected chi connectivity index (χ1v) is 4.26. The van der Waals surface area contributed by atoms with E-state index in [9.17, 15) is 0 Å². The van der Waals surface area contributed by atoms with Gasteiger partial charge < -0.3 is 18.6 Å². The molecule has 12 heavy (non-hydrogen) atoms. The van der Waals surface area contributed by atoms with Crippen LogP contribution in [0.2, 0.25) is 0 Å². The van der Waals surface area contributed by atoms with Crippen molar-refractivity contribution in [1.82, 2.24) is 0 Å². The molecule has 0 amide bonds. The second-order valence-corrected chi connectivity index (χ2v) is 4.28. The van der Waals surface area contributed by atoms with Crippen LogP contribution in [0.1, 0.15) is 33.1 Å². The minimum atomic E-state index is 0. The third-order valence-electron chi connectivity index (χ3n) is 2.46. The van der Waals surface area contributed by atoms with Gasteiger partial charge in [0, 0.05) is 39.3 Å². The molecule has 1 fully saturated rings. The Balaban J connectivity index is 0.00000121. The fraction of sp³-hybridized carbons (Fsp3) is 0.800. The van der Waals surface area contributed by atoms with Crippen molar-refractivity contribution in [2.75, 3.05) is 6.61 Å². The van der Waals surface area contributed by atoms with Gasteiger partial charge in [-0.2, -0.15) is 5.41 Å². The summed E-state index contributed by atoms with van der Waals surface area (Å²) < 4.78 is 5.59. The normalized spacial score (nSPS) is 34.0. The van der Waals surface area contributed by atoms with Crippen LogP contribution in [0.3, 0.4) is 0 Å². The van der Waals surface area contributed by atoms with Gasteiger partial charge in [0.1, 0.15) is 0 Å². The summed E-state index contributed by atoms with van der Waals surface area (Å²) in [4.78, 5) is 0. The van der Waals surface area contributed by atoms with Gasteiger partial charge in [0.15, 0.2) is 0 Å². The summed E-state index contributed by atoms with van der Waals surface area (Å²) in [6, 6.07) is 0. The molecule has 0 aliphatic carbocycles. The number of rotatable bonds is 1. The summed E-state index contributed by atoms with van der Waals surface area (Å²) in [5, 5.41) is 0. The predicted octanol–water partition coefficient (Wildman–Crippen LogP) is 2.62. The molecule has 0 aromatic rings. The van der Waals surface area contributed by atoms with Crippen molar-refractivity contribution >= 4 is 0 Å². The van der Waals surface area contributed by atoms with Crippen molar-refractivity contribution in [3.05, 3.63) is 13.8 Å². The van der Waals surface area contributed by atoms with E-state index >= 15 is 0 Å². The average Bonchev–Trinajstić information content (AvgIpc) is 1.85. The summed E-state index contributed by atoms with van der Waals surface area (Å²) >= 11 is 0. The molecule has 69 valence electrons.